The molecule has 0 unspecified atom stereocenters. The van der Waals surface area contributed by atoms with Crippen LogP contribution in [-0.4, -0.2) is 60.4 Å². The van der Waals surface area contributed by atoms with E-state index in [0.29, 0.717) is 24.7 Å². The molecule has 0 amide bonds. The molecule has 0 aliphatic carbocycles. The molecule has 2 aliphatic rings. The van der Waals surface area contributed by atoms with Gasteiger partial charge in [0.25, 0.3) is 0 Å². The van der Waals surface area contributed by atoms with E-state index in [-0.39, 0.29) is 18.2 Å². The Morgan fingerprint density at radius 2 is 1.96 bits per heavy atom. The minimum atomic E-state index is -0.574. The van der Waals surface area contributed by atoms with E-state index >= 15 is 0 Å². The van der Waals surface area contributed by atoms with Gasteiger partial charge in [-0.3, -0.25) is 0 Å². The second-order valence-electron chi connectivity index (χ2n) is 6.44. The minimum absolute atomic E-state index is 0.0455. The lowest BCUT2D eigenvalue weighted by Gasteiger charge is -2.21. The molecule has 4 rings (SSSR count). The summed E-state index contributed by atoms with van der Waals surface area (Å²) in [6, 6.07) is 3.91. The molecule has 4 atom stereocenters. The van der Waals surface area contributed by atoms with Crippen LogP contribution >= 0.6 is 0 Å². The van der Waals surface area contributed by atoms with Gasteiger partial charge in [-0.15, -0.1) is 0 Å². The number of aromatic nitrogens is 2. The summed E-state index contributed by atoms with van der Waals surface area (Å²) in [5.74, 6) is 2.07. The number of methoxy groups -OCH3 is 2. The van der Waals surface area contributed by atoms with Gasteiger partial charge in [-0.05, 0) is 24.6 Å². The lowest BCUT2D eigenvalue weighted by molar-refractivity contribution is 0.0172. The van der Waals surface area contributed by atoms with E-state index in [9.17, 15) is 5.11 Å². The summed E-state index contributed by atoms with van der Waals surface area (Å²) in [5, 5.41) is 9.98. The molecule has 1 N–H and O–H groups in total. The molecule has 1 aromatic heterocycles. The van der Waals surface area contributed by atoms with E-state index in [1.807, 2.05) is 29.8 Å². The zero-order chi connectivity index (χ0) is 17.6. The Balaban J connectivity index is 1.77. The fourth-order valence-corrected chi connectivity index (χ4v) is 3.75. The van der Waals surface area contributed by atoms with Crippen LogP contribution in [0.4, 0.5) is 0 Å². The van der Waals surface area contributed by atoms with Gasteiger partial charge >= 0.3 is 0 Å². The number of ether oxygens (including phenoxy) is 4. The van der Waals surface area contributed by atoms with Crippen LogP contribution in [0.5, 0.6) is 11.5 Å². The molecule has 0 bridgehead atoms. The second kappa shape index (κ2) is 6.33. The third-order valence-electron chi connectivity index (χ3n) is 4.89. The Labute approximate surface area is 146 Å². The van der Waals surface area contributed by atoms with Crippen LogP contribution in [-0.2, 0) is 9.47 Å². The van der Waals surface area contributed by atoms with Gasteiger partial charge in [0.1, 0.15) is 24.1 Å². The maximum atomic E-state index is 9.98. The van der Waals surface area contributed by atoms with Crippen LogP contribution in [0.3, 0.4) is 0 Å². The monoisotopic (exact) mass is 346 g/mol. The van der Waals surface area contributed by atoms with Crippen molar-refractivity contribution in [1.29, 1.82) is 0 Å². The number of rotatable bonds is 4. The summed E-state index contributed by atoms with van der Waals surface area (Å²) in [7, 11) is 3.24. The number of nitrogens with zero attached hydrogens (tertiary/aromatic N) is 2. The molecule has 2 aromatic rings. The van der Waals surface area contributed by atoms with Gasteiger partial charge in [-0.1, -0.05) is 0 Å². The summed E-state index contributed by atoms with van der Waals surface area (Å²) in [6.45, 7) is 2.78. The van der Waals surface area contributed by atoms with Crippen molar-refractivity contribution in [2.24, 2.45) is 0 Å². The highest BCUT2D eigenvalue weighted by atomic mass is 16.6. The molecule has 7 heteroatoms. The Bertz CT molecular complexity index is 775. The van der Waals surface area contributed by atoms with Gasteiger partial charge < -0.3 is 28.6 Å². The largest absolute Gasteiger partial charge is 0.493 e. The number of aliphatic hydroxyl groups is 1. The zero-order valence-corrected chi connectivity index (χ0v) is 14.5. The normalized spacial score (nSPS) is 28.2. The first-order valence-electron chi connectivity index (χ1n) is 8.31. The van der Waals surface area contributed by atoms with Crippen molar-refractivity contribution in [3.05, 3.63) is 30.1 Å². The third-order valence-corrected chi connectivity index (χ3v) is 4.89. The van der Waals surface area contributed by atoms with Gasteiger partial charge in [0, 0.05) is 12.4 Å². The fraction of sp³-hybridized carbons (Fsp3) is 0.500. The molecule has 0 radical (unpaired) electrons. The first-order chi connectivity index (χ1) is 12.1. The standard InChI is InChI=1S/C18H22N2O5/c1-10-6-11(15(23-3)14(7-10)22-2)18-19-4-5-20(18)12-8-24-17-13(21)9-25-16(12)17/h4-7,12-13,16-17,21H,8-9H2,1-3H3/t12-,13+,16+,17+/m0/s1. The first-order valence-corrected chi connectivity index (χ1v) is 8.31. The molecule has 2 aliphatic heterocycles. The van der Waals surface area contributed by atoms with Crippen molar-refractivity contribution in [3.63, 3.8) is 0 Å². The predicted molar refractivity (Wildman–Crippen MR) is 90.0 cm³/mol. The fourth-order valence-electron chi connectivity index (χ4n) is 3.75. The van der Waals surface area contributed by atoms with Gasteiger partial charge in [0.2, 0.25) is 0 Å². The molecule has 0 spiro atoms. The highest BCUT2D eigenvalue weighted by Crippen LogP contribution is 2.41. The van der Waals surface area contributed by atoms with Crippen molar-refractivity contribution in [2.45, 2.75) is 31.3 Å². The highest BCUT2D eigenvalue weighted by Gasteiger charge is 2.48. The number of aliphatic hydroxyl groups excluding tert-OH is 1. The van der Waals surface area contributed by atoms with Crippen LogP contribution < -0.4 is 9.47 Å². The molecule has 3 heterocycles. The van der Waals surface area contributed by atoms with Crippen molar-refractivity contribution < 1.29 is 24.1 Å². The number of imidazole rings is 1. The lowest BCUT2D eigenvalue weighted by atomic mass is 10.1. The van der Waals surface area contributed by atoms with Gasteiger partial charge in [-0.25, -0.2) is 4.98 Å². The molecular weight excluding hydrogens is 324 g/mol. The van der Waals surface area contributed by atoms with E-state index in [1.165, 1.54) is 0 Å². The number of fused-ring (bicyclic) bond motifs is 1. The summed E-state index contributed by atoms with van der Waals surface area (Å²) in [5.41, 5.74) is 1.90. The molecule has 134 valence electrons. The molecule has 25 heavy (non-hydrogen) atoms. The topological polar surface area (TPSA) is 75.0 Å². The Morgan fingerprint density at radius 3 is 2.72 bits per heavy atom. The molecule has 7 nitrogen and oxygen atoms in total. The summed E-state index contributed by atoms with van der Waals surface area (Å²) < 4.78 is 24.6. The number of hydrogen-bond acceptors (Lipinski definition) is 6. The first kappa shape index (κ1) is 16.4. The van der Waals surface area contributed by atoms with Gasteiger partial charge in [-0.2, -0.15) is 0 Å². The maximum absolute atomic E-state index is 9.98. The molecule has 1 aromatic carbocycles. The van der Waals surface area contributed by atoms with Crippen LogP contribution in [0.15, 0.2) is 24.5 Å². The van der Waals surface area contributed by atoms with Crippen molar-refractivity contribution in [3.8, 4) is 22.9 Å². The zero-order valence-electron chi connectivity index (χ0n) is 14.5. The van der Waals surface area contributed by atoms with E-state index in [4.69, 9.17) is 18.9 Å². The van der Waals surface area contributed by atoms with E-state index in [0.717, 1.165) is 17.0 Å². The van der Waals surface area contributed by atoms with Gasteiger partial charge in [0.15, 0.2) is 11.5 Å². The van der Waals surface area contributed by atoms with Crippen molar-refractivity contribution in [1.82, 2.24) is 9.55 Å². The molecule has 2 fully saturated rings. The third kappa shape index (κ3) is 2.59. The Morgan fingerprint density at radius 1 is 1.16 bits per heavy atom. The second-order valence-corrected chi connectivity index (χ2v) is 6.44. The van der Waals surface area contributed by atoms with E-state index < -0.39 is 6.10 Å². The SMILES string of the molecule is COc1cc(C)cc(-c2nccn2[C@H]2CO[C@H]3[C@@H]2OC[C@H]3O)c1OC. The maximum Gasteiger partial charge on any atom is 0.171 e. The highest BCUT2D eigenvalue weighted by molar-refractivity contribution is 5.70. The summed E-state index contributed by atoms with van der Waals surface area (Å²) in [4.78, 5) is 4.54. The average molecular weight is 346 g/mol. The molecule has 0 saturated carbocycles. The van der Waals surface area contributed by atoms with Crippen molar-refractivity contribution in [2.75, 3.05) is 27.4 Å². The van der Waals surface area contributed by atoms with Crippen LogP contribution in [0, 0.1) is 6.92 Å². The average Bonchev–Trinajstić information content (AvgIpc) is 3.31. The molecule has 2 saturated heterocycles. The van der Waals surface area contributed by atoms with Crippen LogP contribution in [0.2, 0.25) is 0 Å². The quantitative estimate of drug-likeness (QED) is 0.906. The van der Waals surface area contributed by atoms with E-state index in [1.54, 1.807) is 20.4 Å². The number of benzene rings is 1. The van der Waals surface area contributed by atoms with Crippen LogP contribution in [0.25, 0.3) is 11.4 Å². The van der Waals surface area contributed by atoms with E-state index in [2.05, 4.69) is 4.98 Å². The Hall–Kier alpha value is -2.09. The summed E-state index contributed by atoms with van der Waals surface area (Å²) >= 11 is 0. The lowest BCUT2D eigenvalue weighted by Crippen LogP contribution is -2.30. The van der Waals surface area contributed by atoms with Gasteiger partial charge in [0.05, 0.1) is 39.0 Å². The Kier molecular flexibility index (Phi) is 4.15. The number of aryl methyl sites for hydroxylation is 1. The smallest absolute Gasteiger partial charge is 0.171 e. The molecular formula is C18H22N2O5. The summed E-state index contributed by atoms with van der Waals surface area (Å²) in [6.07, 6.45) is 2.63. The minimum Gasteiger partial charge on any atom is -0.493 e. The van der Waals surface area contributed by atoms with Crippen LogP contribution in [0.1, 0.15) is 11.6 Å². The number of hydrogen-bond donors (Lipinski definition) is 1. The van der Waals surface area contributed by atoms with Crippen molar-refractivity contribution >= 4 is 0 Å². The predicted octanol–water partition coefficient (Wildman–Crippen LogP) is 1.58.